The van der Waals surface area contributed by atoms with E-state index in [1.165, 1.54) is 7.11 Å². The number of aromatic nitrogens is 2. The predicted octanol–water partition coefficient (Wildman–Crippen LogP) is 6.00. The SMILES string of the molecule is COC(=O)n1nc(-c2ccc(C(Br)Br)cc2)c2c1-c1c(C)c(C)c(C)c(C)c1S2(=O)=O. The highest BCUT2D eigenvalue weighted by Crippen LogP contribution is 2.51. The van der Waals surface area contributed by atoms with Crippen LogP contribution in [-0.2, 0) is 14.6 Å². The first-order valence-electron chi connectivity index (χ1n) is 9.48. The van der Waals surface area contributed by atoms with Crippen LogP contribution in [0.25, 0.3) is 22.5 Å². The fourth-order valence-electron chi connectivity index (χ4n) is 4.07. The fourth-order valence-corrected chi connectivity index (χ4v) is 6.82. The molecule has 0 saturated heterocycles. The molecule has 31 heavy (non-hydrogen) atoms. The largest absolute Gasteiger partial charge is 0.451 e. The summed E-state index contributed by atoms with van der Waals surface area (Å²) in [6.45, 7) is 7.55. The highest BCUT2D eigenvalue weighted by Gasteiger charge is 2.44. The van der Waals surface area contributed by atoms with Gasteiger partial charge in [0.2, 0.25) is 9.84 Å². The standard InChI is InChI=1S/C22H20Br2N2O4S/c1-10-11(2)13(4)19-16(12(10)3)18-20(31(19,28)29)17(25-26(18)22(27)30-5)14-6-8-15(9-7-14)21(23)24/h6-9,21H,1-5H3. The van der Waals surface area contributed by atoms with Gasteiger partial charge in [-0.1, -0.05) is 56.1 Å². The van der Waals surface area contributed by atoms with E-state index >= 15 is 0 Å². The second-order valence-corrected chi connectivity index (χ2v) is 12.4. The Bertz CT molecular complexity index is 1360. The molecule has 0 bridgehead atoms. The molecule has 0 N–H and O–H groups in total. The van der Waals surface area contributed by atoms with E-state index in [1.54, 1.807) is 19.1 Å². The first-order chi connectivity index (χ1) is 14.5. The predicted molar refractivity (Wildman–Crippen MR) is 126 cm³/mol. The van der Waals surface area contributed by atoms with Crippen molar-refractivity contribution in [1.29, 1.82) is 0 Å². The number of hydrogen-bond donors (Lipinski definition) is 0. The van der Waals surface area contributed by atoms with Gasteiger partial charge in [-0.3, -0.25) is 0 Å². The molecular weight excluding hydrogens is 548 g/mol. The molecule has 0 fully saturated rings. The van der Waals surface area contributed by atoms with E-state index in [2.05, 4.69) is 37.0 Å². The maximum atomic E-state index is 13.8. The lowest BCUT2D eigenvalue weighted by molar-refractivity contribution is 0.169. The number of nitrogens with zero attached hydrogens (tertiary/aromatic N) is 2. The zero-order chi connectivity index (χ0) is 22.8. The average molecular weight is 568 g/mol. The van der Waals surface area contributed by atoms with Crippen molar-refractivity contribution in [1.82, 2.24) is 9.78 Å². The van der Waals surface area contributed by atoms with Gasteiger partial charge in [-0.05, 0) is 55.5 Å². The van der Waals surface area contributed by atoms with Crippen LogP contribution in [0.3, 0.4) is 0 Å². The molecule has 4 rings (SSSR count). The van der Waals surface area contributed by atoms with Gasteiger partial charge in [0.15, 0.2) is 0 Å². The summed E-state index contributed by atoms with van der Waals surface area (Å²) in [5.41, 5.74) is 6.01. The average Bonchev–Trinajstić information content (AvgIpc) is 3.25. The molecule has 0 spiro atoms. The van der Waals surface area contributed by atoms with Gasteiger partial charge in [0.25, 0.3) is 0 Å². The number of ether oxygens (including phenoxy) is 1. The molecule has 9 heteroatoms. The summed E-state index contributed by atoms with van der Waals surface area (Å²) in [5, 5.41) is 4.40. The van der Waals surface area contributed by atoms with Gasteiger partial charge >= 0.3 is 6.09 Å². The Morgan fingerprint density at radius 1 is 0.968 bits per heavy atom. The van der Waals surface area contributed by atoms with Crippen molar-refractivity contribution in [2.24, 2.45) is 0 Å². The number of halogens is 2. The number of carbonyl (C=O) groups excluding carboxylic acids is 1. The summed E-state index contributed by atoms with van der Waals surface area (Å²) in [6, 6.07) is 7.33. The third-order valence-electron chi connectivity index (χ3n) is 6.03. The first kappa shape index (κ1) is 22.2. The highest BCUT2D eigenvalue weighted by molar-refractivity contribution is 9.24. The number of methoxy groups -OCH3 is 1. The van der Waals surface area contributed by atoms with Gasteiger partial charge in [0.1, 0.15) is 16.3 Å². The van der Waals surface area contributed by atoms with E-state index in [0.29, 0.717) is 16.7 Å². The van der Waals surface area contributed by atoms with E-state index in [-0.39, 0.29) is 24.9 Å². The Balaban J connectivity index is 2.12. The Kier molecular flexibility index (Phi) is 5.43. The Hall–Kier alpha value is -1.97. The molecule has 1 aliphatic rings. The smallest absolute Gasteiger partial charge is 0.435 e. The lowest BCUT2D eigenvalue weighted by Gasteiger charge is -2.16. The summed E-state index contributed by atoms with van der Waals surface area (Å²) in [7, 11) is -2.64. The van der Waals surface area contributed by atoms with Crippen LogP contribution >= 0.6 is 31.9 Å². The lowest BCUT2D eigenvalue weighted by Crippen LogP contribution is -2.15. The van der Waals surface area contributed by atoms with E-state index < -0.39 is 15.9 Å². The molecule has 1 aliphatic heterocycles. The van der Waals surface area contributed by atoms with Gasteiger partial charge in [-0.25, -0.2) is 13.2 Å². The number of carbonyl (C=O) groups is 1. The third kappa shape index (κ3) is 3.12. The van der Waals surface area contributed by atoms with Gasteiger partial charge in [-0.2, -0.15) is 9.78 Å². The molecule has 0 radical (unpaired) electrons. The van der Waals surface area contributed by atoms with Crippen LogP contribution in [0.15, 0.2) is 34.1 Å². The number of rotatable bonds is 2. The maximum absolute atomic E-state index is 13.8. The second kappa shape index (κ2) is 7.56. The topological polar surface area (TPSA) is 78.3 Å². The zero-order valence-corrected chi connectivity index (χ0v) is 21.6. The van der Waals surface area contributed by atoms with Gasteiger partial charge in [0.05, 0.1) is 15.7 Å². The van der Waals surface area contributed by atoms with Crippen LogP contribution in [0, 0.1) is 27.7 Å². The summed E-state index contributed by atoms with van der Waals surface area (Å²) in [5.74, 6) is 0. The number of alkyl halides is 2. The van der Waals surface area contributed by atoms with Crippen molar-refractivity contribution in [3.63, 3.8) is 0 Å². The molecule has 0 aliphatic carbocycles. The van der Waals surface area contributed by atoms with E-state index in [1.807, 2.05) is 32.9 Å². The molecule has 3 aromatic rings. The van der Waals surface area contributed by atoms with Gasteiger partial charge in [-0.15, -0.1) is 0 Å². The Morgan fingerprint density at radius 3 is 2.10 bits per heavy atom. The van der Waals surface area contributed by atoms with Crippen molar-refractivity contribution in [3.05, 3.63) is 52.1 Å². The molecule has 162 valence electrons. The normalized spacial score (nSPS) is 13.9. The minimum Gasteiger partial charge on any atom is -0.451 e. The van der Waals surface area contributed by atoms with Crippen LogP contribution < -0.4 is 0 Å². The highest BCUT2D eigenvalue weighted by atomic mass is 79.9. The van der Waals surface area contributed by atoms with Crippen LogP contribution in [-0.4, -0.2) is 31.4 Å². The summed E-state index contributed by atoms with van der Waals surface area (Å²) < 4.78 is 33.5. The zero-order valence-electron chi connectivity index (χ0n) is 17.6. The number of benzene rings is 2. The van der Waals surface area contributed by atoms with E-state index in [0.717, 1.165) is 26.9 Å². The first-order valence-corrected chi connectivity index (χ1v) is 12.8. The van der Waals surface area contributed by atoms with E-state index in [9.17, 15) is 13.2 Å². The monoisotopic (exact) mass is 566 g/mol. The summed E-state index contributed by atoms with van der Waals surface area (Å²) in [4.78, 5) is 12.9. The van der Waals surface area contributed by atoms with Crippen LogP contribution in [0.5, 0.6) is 0 Å². The minimum absolute atomic E-state index is 0.0309. The van der Waals surface area contributed by atoms with Crippen LogP contribution in [0.2, 0.25) is 0 Å². The van der Waals surface area contributed by atoms with E-state index in [4.69, 9.17) is 4.74 Å². The second-order valence-electron chi connectivity index (χ2n) is 7.54. The number of sulfone groups is 1. The molecule has 6 nitrogen and oxygen atoms in total. The summed E-state index contributed by atoms with van der Waals surface area (Å²) >= 11 is 6.90. The molecule has 2 aromatic carbocycles. The third-order valence-corrected chi connectivity index (χ3v) is 9.06. The van der Waals surface area contributed by atoms with Crippen molar-refractivity contribution in [2.75, 3.05) is 7.11 Å². The Morgan fingerprint density at radius 2 is 1.55 bits per heavy atom. The molecule has 1 aromatic heterocycles. The van der Waals surface area contributed by atoms with Crippen LogP contribution in [0.4, 0.5) is 4.79 Å². The maximum Gasteiger partial charge on any atom is 0.435 e. The fraction of sp³-hybridized carbons (Fsp3) is 0.273. The quantitative estimate of drug-likeness (QED) is 0.278. The Labute approximate surface area is 197 Å². The molecule has 0 atom stereocenters. The number of hydrogen-bond acceptors (Lipinski definition) is 5. The van der Waals surface area contributed by atoms with Crippen LogP contribution in [0.1, 0.15) is 31.6 Å². The van der Waals surface area contributed by atoms with Crippen molar-refractivity contribution in [3.8, 4) is 22.5 Å². The van der Waals surface area contributed by atoms with Gasteiger partial charge < -0.3 is 4.74 Å². The van der Waals surface area contributed by atoms with Crippen molar-refractivity contribution in [2.45, 2.75) is 41.2 Å². The molecular formula is C22H20Br2N2O4S. The molecule has 0 saturated carbocycles. The minimum atomic E-state index is -3.89. The van der Waals surface area contributed by atoms with Crippen molar-refractivity contribution < 1.29 is 17.9 Å². The number of fused-ring (bicyclic) bond motifs is 3. The molecule has 0 unspecified atom stereocenters. The summed E-state index contributed by atoms with van der Waals surface area (Å²) in [6.07, 6.45) is -0.738. The van der Waals surface area contributed by atoms with Gasteiger partial charge in [0, 0.05) is 11.1 Å². The molecule has 0 amide bonds. The molecule has 2 heterocycles. The van der Waals surface area contributed by atoms with Crippen molar-refractivity contribution >= 4 is 47.8 Å². The lowest BCUT2D eigenvalue weighted by atomic mass is 9.93.